The summed E-state index contributed by atoms with van der Waals surface area (Å²) in [6.45, 7) is 0. The van der Waals surface area contributed by atoms with Crippen LogP contribution in [0.1, 0.15) is 5.56 Å². The minimum absolute atomic E-state index is 0.00743. The Morgan fingerprint density at radius 2 is 1.86 bits per heavy atom. The number of nitrogens with zero attached hydrogens (tertiary/aromatic N) is 1. The Bertz CT molecular complexity index is 759. The third-order valence-electron chi connectivity index (χ3n) is 2.76. The Balaban J connectivity index is 2.28. The molecule has 2 aromatic rings. The van der Waals surface area contributed by atoms with E-state index in [1.807, 2.05) is 0 Å². The first-order valence-corrected chi connectivity index (χ1v) is 6.89. The van der Waals surface area contributed by atoms with Gasteiger partial charge in [0, 0.05) is 16.3 Å². The standard InChI is InChI=1S/C16H9Cl2FN2O/c17-11-4-6-12(7-5-11)21-16(22)10(9-20)8-13-14(18)2-1-3-15(13)19/h1-8H,(H,21,22). The molecule has 0 aromatic heterocycles. The lowest BCUT2D eigenvalue weighted by Gasteiger charge is -2.05. The van der Waals surface area contributed by atoms with Gasteiger partial charge in [0.2, 0.25) is 0 Å². The largest absolute Gasteiger partial charge is 0.321 e. The quantitative estimate of drug-likeness (QED) is 0.654. The van der Waals surface area contributed by atoms with Gasteiger partial charge in [-0.1, -0.05) is 29.3 Å². The lowest BCUT2D eigenvalue weighted by atomic mass is 10.1. The molecule has 6 heteroatoms. The number of hydrogen-bond acceptors (Lipinski definition) is 2. The Kier molecular flexibility index (Phi) is 5.16. The number of nitrogens with one attached hydrogen (secondary N) is 1. The van der Waals surface area contributed by atoms with E-state index in [1.54, 1.807) is 30.3 Å². The van der Waals surface area contributed by atoms with Crippen molar-refractivity contribution in [3.05, 3.63) is 69.5 Å². The predicted molar refractivity (Wildman–Crippen MR) is 85.1 cm³/mol. The second-order valence-electron chi connectivity index (χ2n) is 4.27. The monoisotopic (exact) mass is 334 g/mol. The molecule has 0 heterocycles. The maximum absolute atomic E-state index is 13.7. The molecule has 0 fully saturated rings. The average molecular weight is 335 g/mol. The van der Waals surface area contributed by atoms with Crippen molar-refractivity contribution in [2.24, 2.45) is 0 Å². The summed E-state index contributed by atoms with van der Waals surface area (Å²) in [5.74, 6) is -1.27. The van der Waals surface area contributed by atoms with Gasteiger partial charge in [0.15, 0.2) is 0 Å². The van der Waals surface area contributed by atoms with Gasteiger partial charge in [0.25, 0.3) is 5.91 Å². The lowest BCUT2D eigenvalue weighted by molar-refractivity contribution is -0.112. The zero-order valence-electron chi connectivity index (χ0n) is 11.1. The van der Waals surface area contributed by atoms with Crippen molar-refractivity contribution in [1.82, 2.24) is 0 Å². The number of benzene rings is 2. The predicted octanol–water partition coefficient (Wildman–Crippen LogP) is 4.68. The van der Waals surface area contributed by atoms with E-state index >= 15 is 0 Å². The van der Waals surface area contributed by atoms with E-state index < -0.39 is 11.7 Å². The molecule has 2 rings (SSSR count). The first kappa shape index (κ1) is 16.0. The summed E-state index contributed by atoms with van der Waals surface area (Å²) in [6, 6.07) is 12.2. The van der Waals surface area contributed by atoms with Crippen LogP contribution in [0.4, 0.5) is 10.1 Å². The molecule has 0 atom stereocenters. The lowest BCUT2D eigenvalue weighted by Crippen LogP contribution is -2.13. The highest BCUT2D eigenvalue weighted by Gasteiger charge is 2.12. The van der Waals surface area contributed by atoms with Gasteiger partial charge in [-0.3, -0.25) is 4.79 Å². The van der Waals surface area contributed by atoms with Crippen LogP contribution in [0.5, 0.6) is 0 Å². The van der Waals surface area contributed by atoms with Crippen LogP contribution >= 0.6 is 23.2 Å². The summed E-state index contributed by atoms with van der Waals surface area (Å²) >= 11 is 11.6. The average Bonchev–Trinajstić information content (AvgIpc) is 2.49. The fourth-order valence-corrected chi connectivity index (χ4v) is 2.02. The van der Waals surface area contributed by atoms with Crippen LogP contribution in [0.2, 0.25) is 10.0 Å². The molecule has 0 unspecified atom stereocenters. The molecule has 1 N–H and O–H groups in total. The molecular formula is C16H9Cl2FN2O. The molecule has 0 saturated carbocycles. The van der Waals surface area contributed by atoms with Crippen LogP contribution in [-0.4, -0.2) is 5.91 Å². The number of anilines is 1. The van der Waals surface area contributed by atoms with Gasteiger partial charge in [-0.05, 0) is 42.5 Å². The summed E-state index contributed by atoms with van der Waals surface area (Å²) in [5.41, 5.74) is 0.198. The molecule has 1 amide bonds. The topological polar surface area (TPSA) is 52.9 Å². The Morgan fingerprint density at radius 1 is 1.18 bits per heavy atom. The molecule has 3 nitrogen and oxygen atoms in total. The van der Waals surface area contributed by atoms with Crippen molar-refractivity contribution in [3.8, 4) is 6.07 Å². The molecule has 2 aromatic carbocycles. The third kappa shape index (κ3) is 3.85. The van der Waals surface area contributed by atoms with E-state index in [-0.39, 0.29) is 16.2 Å². The van der Waals surface area contributed by atoms with E-state index in [0.29, 0.717) is 10.7 Å². The summed E-state index contributed by atoms with van der Waals surface area (Å²) in [7, 11) is 0. The van der Waals surface area contributed by atoms with E-state index in [9.17, 15) is 9.18 Å². The zero-order chi connectivity index (χ0) is 16.1. The normalized spacial score (nSPS) is 10.9. The van der Waals surface area contributed by atoms with Gasteiger partial charge < -0.3 is 5.32 Å². The Hall–Kier alpha value is -2.35. The van der Waals surface area contributed by atoms with Crippen molar-refractivity contribution in [1.29, 1.82) is 5.26 Å². The molecule has 0 spiro atoms. The van der Waals surface area contributed by atoms with Crippen molar-refractivity contribution in [2.75, 3.05) is 5.32 Å². The van der Waals surface area contributed by atoms with Crippen molar-refractivity contribution in [3.63, 3.8) is 0 Å². The molecule has 0 saturated heterocycles. The molecule has 0 bridgehead atoms. The second kappa shape index (κ2) is 7.08. The van der Waals surface area contributed by atoms with Crippen molar-refractivity contribution < 1.29 is 9.18 Å². The summed E-state index contributed by atoms with van der Waals surface area (Å²) in [5, 5.41) is 12.3. The highest BCUT2D eigenvalue weighted by Crippen LogP contribution is 2.22. The van der Waals surface area contributed by atoms with Crippen LogP contribution in [-0.2, 0) is 4.79 Å². The number of nitriles is 1. The Morgan fingerprint density at radius 3 is 2.45 bits per heavy atom. The minimum atomic E-state index is -0.663. The smallest absolute Gasteiger partial charge is 0.266 e. The van der Waals surface area contributed by atoms with Crippen LogP contribution < -0.4 is 5.32 Å². The number of carbonyl (C=O) groups excluding carboxylic acids is 1. The van der Waals surface area contributed by atoms with Crippen molar-refractivity contribution in [2.45, 2.75) is 0 Å². The van der Waals surface area contributed by atoms with Gasteiger partial charge in [0.1, 0.15) is 17.5 Å². The fourth-order valence-electron chi connectivity index (χ4n) is 1.67. The fraction of sp³-hybridized carbons (Fsp3) is 0. The minimum Gasteiger partial charge on any atom is -0.321 e. The molecule has 22 heavy (non-hydrogen) atoms. The van der Waals surface area contributed by atoms with Gasteiger partial charge in [-0.2, -0.15) is 5.26 Å². The maximum atomic E-state index is 13.7. The van der Waals surface area contributed by atoms with Crippen LogP contribution in [0, 0.1) is 17.1 Å². The summed E-state index contributed by atoms with van der Waals surface area (Å²) in [6.07, 6.45) is 1.11. The SMILES string of the molecule is N#CC(=Cc1c(F)cccc1Cl)C(=O)Nc1ccc(Cl)cc1. The maximum Gasteiger partial charge on any atom is 0.266 e. The summed E-state index contributed by atoms with van der Waals surface area (Å²) in [4.78, 5) is 12.1. The number of carbonyl (C=O) groups is 1. The molecule has 110 valence electrons. The van der Waals surface area contributed by atoms with Gasteiger partial charge in [-0.15, -0.1) is 0 Å². The van der Waals surface area contributed by atoms with Gasteiger partial charge in [-0.25, -0.2) is 4.39 Å². The highest BCUT2D eigenvalue weighted by molar-refractivity contribution is 6.32. The molecule has 0 aliphatic heterocycles. The van der Waals surface area contributed by atoms with Crippen LogP contribution in [0.15, 0.2) is 48.0 Å². The van der Waals surface area contributed by atoms with Gasteiger partial charge in [0.05, 0.1) is 5.02 Å². The number of halogens is 3. The van der Waals surface area contributed by atoms with Crippen molar-refractivity contribution >= 4 is 40.9 Å². The van der Waals surface area contributed by atoms with E-state index in [1.165, 1.54) is 18.2 Å². The molecule has 0 aliphatic rings. The number of amides is 1. The molecule has 0 radical (unpaired) electrons. The van der Waals surface area contributed by atoms with Gasteiger partial charge >= 0.3 is 0 Å². The molecule has 0 aliphatic carbocycles. The Labute approximate surface area is 136 Å². The van der Waals surface area contributed by atoms with Crippen LogP contribution in [0.3, 0.4) is 0 Å². The zero-order valence-corrected chi connectivity index (χ0v) is 12.6. The number of hydrogen-bond donors (Lipinski definition) is 1. The van der Waals surface area contributed by atoms with E-state index in [4.69, 9.17) is 28.5 Å². The first-order valence-electron chi connectivity index (χ1n) is 6.14. The van der Waals surface area contributed by atoms with E-state index in [0.717, 1.165) is 6.08 Å². The van der Waals surface area contributed by atoms with Crippen LogP contribution in [0.25, 0.3) is 6.08 Å². The molecular weight excluding hydrogens is 326 g/mol. The second-order valence-corrected chi connectivity index (χ2v) is 5.11. The first-order chi connectivity index (χ1) is 10.5. The number of rotatable bonds is 3. The summed E-state index contributed by atoms with van der Waals surface area (Å²) < 4.78 is 13.7. The third-order valence-corrected chi connectivity index (χ3v) is 3.34. The highest BCUT2D eigenvalue weighted by atomic mass is 35.5. The van der Waals surface area contributed by atoms with E-state index in [2.05, 4.69) is 5.32 Å².